The van der Waals surface area contributed by atoms with Gasteiger partial charge in [-0.25, -0.2) is 4.39 Å². The highest BCUT2D eigenvalue weighted by Gasteiger charge is 2.29. The molecule has 110 valence electrons. The molecule has 0 radical (unpaired) electrons. The molecule has 1 unspecified atom stereocenters. The molecular weight excluding hydrogens is 271 g/mol. The molecule has 2 aromatic carbocycles. The van der Waals surface area contributed by atoms with Crippen LogP contribution < -0.4 is 9.47 Å². The highest BCUT2D eigenvalue weighted by molar-refractivity contribution is 5.44. The topological polar surface area (TPSA) is 38.7 Å². The summed E-state index contributed by atoms with van der Waals surface area (Å²) >= 11 is 0. The molecule has 3 nitrogen and oxygen atoms in total. The number of ether oxygens (including phenoxy) is 2. The minimum absolute atomic E-state index is 0.266. The van der Waals surface area contributed by atoms with Crippen molar-refractivity contribution in [3.05, 3.63) is 58.9 Å². The van der Waals surface area contributed by atoms with Gasteiger partial charge in [0.1, 0.15) is 23.4 Å². The van der Waals surface area contributed by atoms with Crippen LogP contribution in [0.4, 0.5) is 4.39 Å². The molecule has 0 aliphatic carbocycles. The highest BCUT2D eigenvalue weighted by Crippen LogP contribution is 2.42. The molecular formula is C17H17FO3. The van der Waals surface area contributed by atoms with E-state index in [4.69, 9.17) is 9.47 Å². The van der Waals surface area contributed by atoms with Crippen LogP contribution in [0.2, 0.25) is 0 Å². The van der Waals surface area contributed by atoms with E-state index < -0.39 is 6.10 Å². The molecule has 1 N–H and O–H groups in total. The lowest BCUT2D eigenvalue weighted by molar-refractivity contribution is 0.0651. The fourth-order valence-electron chi connectivity index (χ4n) is 2.74. The lowest BCUT2D eigenvalue weighted by atomic mass is 9.92. The Kier molecular flexibility index (Phi) is 3.55. The SMILES string of the molecule is COc1ccc2c(c1)[C@@H](O)CC(c1ccc(F)cc1C)O2. The summed E-state index contributed by atoms with van der Waals surface area (Å²) in [7, 11) is 1.59. The van der Waals surface area contributed by atoms with Crippen LogP contribution in [0, 0.1) is 12.7 Å². The predicted molar refractivity (Wildman–Crippen MR) is 77.1 cm³/mol. The normalized spacial score (nSPS) is 20.6. The van der Waals surface area contributed by atoms with E-state index in [1.165, 1.54) is 12.1 Å². The summed E-state index contributed by atoms with van der Waals surface area (Å²) in [4.78, 5) is 0. The Morgan fingerprint density at radius 1 is 1.19 bits per heavy atom. The van der Waals surface area contributed by atoms with E-state index in [1.807, 2.05) is 6.92 Å². The molecule has 0 amide bonds. The van der Waals surface area contributed by atoms with Gasteiger partial charge >= 0.3 is 0 Å². The van der Waals surface area contributed by atoms with E-state index >= 15 is 0 Å². The van der Waals surface area contributed by atoms with Crippen molar-refractivity contribution in [2.45, 2.75) is 25.6 Å². The summed E-state index contributed by atoms with van der Waals surface area (Å²) in [5.41, 5.74) is 2.45. The van der Waals surface area contributed by atoms with Crippen LogP contribution in [-0.4, -0.2) is 12.2 Å². The molecule has 2 atom stereocenters. The molecule has 0 fully saturated rings. The van der Waals surface area contributed by atoms with Gasteiger partial charge < -0.3 is 14.6 Å². The molecule has 21 heavy (non-hydrogen) atoms. The zero-order valence-corrected chi connectivity index (χ0v) is 12.0. The summed E-state index contributed by atoms with van der Waals surface area (Å²) in [6, 6.07) is 9.99. The smallest absolute Gasteiger partial charge is 0.127 e. The fraction of sp³-hybridized carbons (Fsp3) is 0.294. The number of fused-ring (bicyclic) bond motifs is 1. The predicted octanol–water partition coefficient (Wildman–Crippen LogP) is 3.70. The van der Waals surface area contributed by atoms with Crippen molar-refractivity contribution in [3.63, 3.8) is 0 Å². The van der Waals surface area contributed by atoms with Crippen molar-refractivity contribution < 1.29 is 19.0 Å². The average Bonchev–Trinajstić information content (AvgIpc) is 2.47. The third-order valence-electron chi connectivity index (χ3n) is 3.86. The molecule has 3 rings (SSSR count). The van der Waals surface area contributed by atoms with Crippen LogP contribution in [-0.2, 0) is 0 Å². The molecule has 0 bridgehead atoms. The van der Waals surface area contributed by atoms with Gasteiger partial charge in [-0.1, -0.05) is 6.07 Å². The summed E-state index contributed by atoms with van der Waals surface area (Å²) in [6.45, 7) is 1.84. The van der Waals surface area contributed by atoms with E-state index in [0.717, 1.165) is 16.7 Å². The molecule has 0 spiro atoms. The first-order valence-electron chi connectivity index (χ1n) is 6.87. The van der Waals surface area contributed by atoms with Gasteiger partial charge in [-0.15, -0.1) is 0 Å². The van der Waals surface area contributed by atoms with Gasteiger partial charge in [0.05, 0.1) is 13.2 Å². The first-order valence-corrected chi connectivity index (χ1v) is 6.87. The minimum atomic E-state index is -0.627. The van der Waals surface area contributed by atoms with E-state index in [2.05, 4.69) is 0 Å². The number of aliphatic hydroxyl groups is 1. The summed E-state index contributed by atoms with van der Waals surface area (Å²) in [6.07, 6.45) is -0.466. The van der Waals surface area contributed by atoms with Gasteiger partial charge in [0.2, 0.25) is 0 Å². The zero-order chi connectivity index (χ0) is 15.0. The van der Waals surface area contributed by atoms with Gasteiger partial charge in [-0.05, 0) is 48.4 Å². The Morgan fingerprint density at radius 2 is 2.00 bits per heavy atom. The number of hydrogen-bond donors (Lipinski definition) is 1. The van der Waals surface area contributed by atoms with Crippen molar-refractivity contribution in [2.24, 2.45) is 0 Å². The Bertz CT molecular complexity index is 669. The number of aliphatic hydroxyl groups excluding tert-OH is 1. The standard InChI is InChI=1S/C17H17FO3/c1-10-7-11(18)3-5-13(10)17-9-15(19)14-8-12(20-2)4-6-16(14)21-17/h3-8,15,17,19H,9H2,1-2H3/t15-,17?/m0/s1. The van der Waals surface area contributed by atoms with Crippen molar-refractivity contribution in [3.8, 4) is 11.5 Å². The molecule has 1 heterocycles. The number of rotatable bonds is 2. The second-order valence-electron chi connectivity index (χ2n) is 5.26. The van der Waals surface area contributed by atoms with Crippen molar-refractivity contribution >= 4 is 0 Å². The van der Waals surface area contributed by atoms with Crippen LogP contribution in [0.15, 0.2) is 36.4 Å². The van der Waals surface area contributed by atoms with Crippen LogP contribution in [0.3, 0.4) is 0 Å². The second kappa shape index (κ2) is 5.37. The number of hydrogen-bond acceptors (Lipinski definition) is 3. The highest BCUT2D eigenvalue weighted by atomic mass is 19.1. The van der Waals surface area contributed by atoms with Crippen LogP contribution >= 0.6 is 0 Å². The van der Waals surface area contributed by atoms with Crippen LogP contribution in [0.1, 0.15) is 35.3 Å². The summed E-state index contributed by atoms with van der Waals surface area (Å²) < 4.78 is 24.3. The Morgan fingerprint density at radius 3 is 2.71 bits per heavy atom. The third-order valence-corrected chi connectivity index (χ3v) is 3.86. The van der Waals surface area contributed by atoms with Gasteiger partial charge in [-0.3, -0.25) is 0 Å². The molecule has 2 aromatic rings. The number of benzene rings is 2. The van der Waals surface area contributed by atoms with Gasteiger partial charge in [0, 0.05) is 12.0 Å². The Labute approximate surface area is 122 Å². The molecule has 1 aliphatic heterocycles. The summed E-state index contributed by atoms with van der Waals surface area (Å²) in [5, 5.41) is 10.3. The molecule has 1 aliphatic rings. The average molecular weight is 288 g/mol. The Hall–Kier alpha value is -2.07. The van der Waals surface area contributed by atoms with E-state index in [0.29, 0.717) is 17.9 Å². The molecule has 0 saturated heterocycles. The largest absolute Gasteiger partial charge is 0.497 e. The van der Waals surface area contributed by atoms with Gasteiger partial charge in [-0.2, -0.15) is 0 Å². The first-order chi connectivity index (χ1) is 10.1. The fourth-order valence-corrected chi connectivity index (χ4v) is 2.74. The van der Waals surface area contributed by atoms with Crippen LogP contribution in [0.25, 0.3) is 0 Å². The summed E-state index contributed by atoms with van der Waals surface area (Å²) in [5.74, 6) is 1.06. The van der Waals surface area contributed by atoms with E-state index in [9.17, 15) is 9.50 Å². The maximum Gasteiger partial charge on any atom is 0.127 e. The molecule has 0 aromatic heterocycles. The van der Waals surface area contributed by atoms with Gasteiger partial charge in [0.15, 0.2) is 0 Å². The lowest BCUT2D eigenvalue weighted by Gasteiger charge is -2.31. The monoisotopic (exact) mass is 288 g/mol. The van der Waals surface area contributed by atoms with Gasteiger partial charge in [0.25, 0.3) is 0 Å². The quantitative estimate of drug-likeness (QED) is 0.915. The molecule has 4 heteroatoms. The Balaban J connectivity index is 1.94. The zero-order valence-electron chi connectivity index (χ0n) is 12.0. The molecule has 0 saturated carbocycles. The lowest BCUT2D eigenvalue weighted by Crippen LogP contribution is -2.19. The minimum Gasteiger partial charge on any atom is -0.497 e. The van der Waals surface area contributed by atoms with E-state index in [1.54, 1.807) is 31.4 Å². The number of halogens is 1. The third kappa shape index (κ3) is 2.59. The number of aryl methyl sites for hydroxylation is 1. The van der Waals surface area contributed by atoms with E-state index in [-0.39, 0.29) is 11.9 Å². The maximum atomic E-state index is 13.2. The second-order valence-corrected chi connectivity index (χ2v) is 5.26. The van der Waals surface area contributed by atoms with Crippen molar-refractivity contribution in [2.75, 3.05) is 7.11 Å². The first kappa shape index (κ1) is 13.9. The van der Waals surface area contributed by atoms with Crippen molar-refractivity contribution in [1.82, 2.24) is 0 Å². The maximum absolute atomic E-state index is 13.2. The van der Waals surface area contributed by atoms with Crippen LogP contribution in [0.5, 0.6) is 11.5 Å². The van der Waals surface area contributed by atoms with Crippen molar-refractivity contribution in [1.29, 1.82) is 0 Å². The number of methoxy groups -OCH3 is 1.